The van der Waals surface area contributed by atoms with Gasteiger partial charge in [0.15, 0.2) is 0 Å². The molecular formula is C15H10Cl2N2OS. The predicted molar refractivity (Wildman–Crippen MR) is 85.8 cm³/mol. The standard InChI is InChI=1S/C15H10Cl2N2OS/c16-11-7-5-10(6-8-11)15-19-18-14(20-15)9-21-13-4-2-1-3-12(13)17/h1-8H,9H2. The molecule has 1 aromatic heterocycles. The molecule has 0 N–H and O–H groups in total. The van der Waals surface area contributed by atoms with Crippen molar-refractivity contribution in [3.63, 3.8) is 0 Å². The Morgan fingerprint density at radius 3 is 2.48 bits per heavy atom. The van der Waals surface area contributed by atoms with Crippen molar-refractivity contribution >= 4 is 35.0 Å². The molecule has 2 aromatic carbocycles. The van der Waals surface area contributed by atoms with Crippen LogP contribution in [0.1, 0.15) is 5.89 Å². The maximum absolute atomic E-state index is 6.11. The summed E-state index contributed by atoms with van der Waals surface area (Å²) in [5.74, 6) is 1.62. The van der Waals surface area contributed by atoms with E-state index in [4.69, 9.17) is 27.6 Å². The zero-order chi connectivity index (χ0) is 14.7. The largest absolute Gasteiger partial charge is 0.420 e. The van der Waals surface area contributed by atoms with Crippen LogP contribution in [0, 0.1) is 0 Å². The molecule has 0 aliphatic rings. The monoisotopic (exact) mass is 336 g/mol. The number of hydrogen-bond acceptors (Lipinski definition) is 4. The van der Waals surface area contributed by atoms with Gasteiger partial charge < -0.3 is 4.42 Å². The predicted octanol–water partition coefficient (Wildman–Crippen LogP) is 5.34. The lowest BCUT2D eigenvalue weighted by atomic mass is 10.2. The molecule has 106 valence electrons. The van der Waals surface area contributed by atoms with Crippen molar-refractivity contribution < 1.29 is 4.42 Å². The summed E-state index contributed by atoms with van der Waals surface area (Å²) in [6.07, 6.45) is 0. The molecule has 0 unspecified atom stereocenters. The second kappa shape index (κ2) is 6.52. The smallest absolute Gasteiger partial charge is 0.247 e. The van der Waals surface area contributed by atoms with Crippen LogP contribution in [0.4, 0.5) is 0 Å². The molecule has 0 amide bonds. The molecule has 1 heterocycles. The second-order valence-electron chi connectivity index (χ2n) is 4.23. The van der Waals surface area contributed by atoms with Crippen molar-refractivity contribution in [1.29, 1.82) is 0 Å². The highest BCUT2D eigenvalue weighted by atomic mass is 35.5. The number of benzene rings is 2. The van der Waals surface area contributed by atoms with Gasteiger partial charge in [0.05, 0.1) is 10.8 Å². The average Bonchev–Trinajstić information content (AvgIpc) is 2.96. The van der Waals surface area contributed by atoms with Gasteiger partial charge in [0.1, 0.15) is 0 Å². The van der Waals surface area contributed by atoms with Crippen LogP contribution in [0.5, 0.6) is 0 Å². The van der Waals surface area contributed by atoms with Crippen molar-refractivity contribution in [3.05, 3.63) is 64.5 Å². The summed E-state index contributed by atoms with van der Waals surface area (Å²) in [6, 6.07) is 14.9. The van der Waals surface area contributed by atoms with Crippen LogP contribution in [0.2, 0.25) is 10.0 Å². The summed E-state index contributed by atoms with van der Waals surface area (Å²) >= 11 is 13.5. The summed E-state index contributed by atoms with van der Waals surface area (Å²) in [5.41, 5.74) is 0.848. The van der Waals surface area contributed by atoms with E-state index in [1.165, 1.54) is 0 Å². The highest BCUT2D eigenvalue weighted by Crippen LogP contribution is 2.29. The summed E-state index contributed by atoms with van der Waals surface area (Å²) in [4.78, 5) is 0.991. The number of halogens is 2. The summed E-state index contributed by atoms with van der Waals surface area (Å²) in [7, 11) is 0. The van der Waals surface area contributed by atoms with E-state index in [2.05, 4.69) is 10.2 Å². The van der Waals surface area contributed by atoms with Crippen LogP contribution in [0.25, 0.3) is 11.5 Å². The molecule has 0 radical (unpaired) electrons. The van der Waals surface area contributed by atoms with Gasteiger partial charge >= 0.3 is 0 Å². The molecule has 6 heteroatoms. The molecule has 21 heavy (non-hydrogen) atoms. The lowest BCUT2D eigenvalue weighted by molar-refractivity contribution is 0.528. The third-order valence-corrected chi connectivity index (χ3v) is 4.50. The van der Waals surface area contributed by atoms with Gasteiger partial charge in [-0.15, -0.1) is 22.0 Å². The molecule has 0 fully saturated rings. The van der Waals surface area contributed by atoms with E-state index in [0.717, 1.165) is 15.5 Å². The van der Waals surface area contributed by atoms with Gasteiger partial charge in [-0.05, 0) is 36.4 Å². The maximum Gasteiger partial charge on any atom is 0.247 e. The van der Waals surface area contributed by atoms with Crippen LogP contribution in [0.3, 0.4) is 0 Å². The van der Waals surface area contributed by atoms with E-state index in [0.29, 0.717) is 22.6 Å². The van der Waals surface area contributed by atoms with E-state index in [9.17, 15) is 0 Å². The minimum atomic E-state index is 0.487. The molecule has 0 aliphatic heterocycles. The molecule has 3 rings (SSSR count). The highest BCUT2D eigenvalue weighted by Gasteiger charge is 2.09. The molecule has 3 nitrogen and oxygen atoms in total. The zero-order valence-corrected chi connectivity index (χ0v) is 13.1. The quantitative estimate of drug-likeness (QED) is 0.603. The number of aromatic nitrogens is 2. The van der Waals surface area contributed by atoms with Crippen LogP contribution < -0.4 is 0 Å². The van der Waals surface area contributed by atoms with Gasteiger partial charge in [-0.3, -0.25) is 0 Å². The average molecular weight is 337 g/mol. The molecule has 0 spiro atoms. The van der Waals surface area contributed by atoms with Crippen molar-refractivity contribution in [3.8, 4) is 11.5 Å². The minimum absolute atomic E-state index is 0.487. The Hall–Kier alpha value is -1.49. The van der Waals surface area contributed by atoms with E-state index >= 15 is 0 Å². The summed E-state index contributed by atoms with van der Waals surface area (Å²) in [5, 5.41) is 9.49. The van der Waals surface area contributed by atoms with Gasteiger partial charge in [-0.2, -0.15) is 0 Å². The first-order valence-electron chi connectivity index (χ1n) is 6.18. The fourth-order valence-corrected chi connectivity index (χ4v) is 2.92. The third-order valence-electron chi connectivity index (χ3n) is 2.75. The van der Waals surface area contributed by atoms with E-state index in [1.54, 1.807) is 23.9 Å². The second-order valence-corrected chi connectivity index (χ2v) is 6.09. The Balaban J connectivity index is 1.71. The van der Waals surface area contributed by atoms with Gasteiger partial charge in [-0.1, -0.05) is 35.3 Å². The molecule has 3 aromatic rings. The number of rotatable bonds is 4. The number of hydrogen-bond donors (Lipinski definition) is 0. The van der Waals surface area contributed by atoms with Crippen molar-refractivity contribution in [2.75, 3.05) is 0 Å². The maximum atomic E-state index is 6.11. The van der Waals surface area contributed by atoms with Crippen LogP contribution >= 0.6 is 35.0 Å². The molecule has 0 bridgehead atoms. The number of nitrogens with zero attached hydrogens (tertiary/aromatic N) is 2. The fourth-order valence-electron chi connectivity index (χ4n) is 1.72. The first kappa shape index (κ1) is 14.4. The van der Waals surface area contributed by atoms with E-state index in [-0.39, 0.29) is 0 Å². The Labute approximate surface area is 136 Å². The van der Waals surface area contributed by atoms with Crippen LogP contribution in [-0.4, -0.2) is 10.2 Å². The van der Waals surface area contributed by atoms with Crippen LogP contribution in [-0.2, 0) is 5.75 Å². The Morgan fingerprint density at radius 2 is 1.71 bits per heavy atom. The molecular weight excluding hydrogens is 327 g/mol. The lowest BCUT2D eigenvalue weighted by Gasteiger charge is -2.00. The topological polar surface area (TPSA) is 38.9 Å². The molecule has 0 aliphatic carbocycles. The van der Waals surface area contributed by atoms with Crippen molar-refractivity contribution in [2.24, 2.45) is 0 Å². The SMILES string of the molecule is Clc1ccc(-c2nnc(CSc3ccccc3Cl)o2)cc1. The van der Waals surface area contributed by atoms with E-state index < -0.39 is 0 Å². The molecule has 0 saturated carbocycles. The summed E-state index contributed by atoms with van der Waals surface area (Å²) < 4.78 is 5.64. The Morgan fingerprint density at radius 1 is 0.952 bits per heavy atom. The van der Waals surface area contributed by atoms with Gasteiger partial charge in [0.25, 0.3) is 0 Å². The van der Waals surface area contributed by atoms with E-state index in [1.807, 2.05) is 36.4 Å². The summed E-state index contributed by atoms with van der Waals surface area (Å²) in [6.45, 7) is 0. The van der Waals surface area contributed by atoms with Gasteiger partial charge in [0.2, 0.25) is 11.8 Å². The molecule has 0 atom stereocenters. The lowest BCUT2D eigenvalue weighted by Crippen LogP contribution is -1.81. The zero-order valence-electron chi connectivity index (χ0n) is 10.8. The van der Waals surface area contributed by atoms with Crippen LogP contribution in [0.15, 0.2) is 57.8 Å². The normalized spacial score (nSPS) is 10.8. The fraction of sp³-hybridized carbons (Fsp3) is 0.0667. The number of thioether (sulfide) groups is 1. The Bertz CT molecular complexity index is 743. The van der Waals surface area contributed by atoms with Crippen molar-refractivity contribution in [2.45, 2.75) is 10.6 Å². The first-order valence-corrected chi connectivity index (χ1v) is 7.92. The highest BCUT2D eigenvalue weighted by molar-refractivity contribution is 7.98. The van der Waals surface area contributed by atoms with Gasteiger partial charge in [-0.25, -0.2) is 0 Å². The first-order chi connectivity index (χ1) is 10.2. The minimum Gasteiger partial charge on any atom is -0.420 e. The Kier molecular flexibility index (Phi) is 4.48. The van der Waals surface area contributed by atoms with Crippen molar-refractivity contribution in [1.82, 2.24) is 10.2 Å². The third kappa shape index (κ3) is 3.59. The van der Waals surface area contributed by atoms with Gasteiger partial charge in [0, 0.05) is 15.5 Å². The molecule has 0 saturated heterocycles.